The second-order valence-corrected chi connectivity index (χ2v) is 5.32. The van der Waals surface area contributed by atoms with Crippen LogP contribution in [0.25, 0.3) is 0 Å². The topological polar surface area (TPSA) is 63.6 Å². The number of carbonyl (C=O) groups is 2. The largest absolute Gasteiger partial charge is 0.447 e. The summed E-state index contributed by atoms with van der Waals surface area (Å²) in [4.78, 5) is 19.9. The third kappa shape index (κ3) is 38.1. The van der Waals surface area contributed by atoms with Crippen LogP contribution < -0.4 is 0 Å². The van der Waals surface area contributed by atoms with Crippen molar-refractivity contribution in [1.29, 1.82) is 0 Å². The molecule has 0 aliphatic carbocycles. The summed E-state index contributed by atoms with van der Waals surface area (Å²) in [5, 5.41) is 8.84. The van der Waals surface area contributed by atoms with Crippen LogP contribution in [0.4, 0.5) is 0 Å². The first kappa shape index (κ1) is 24.3. The van der Waals surface area contributed by atoms with Gasteiger partial charge in [0.15, 0.2) is 5.60 Å². The maximum Gasteiger partial charge on any atom is 0.304 e. The summed E-state index contributed by atoms with van der Waals surface area (Å²) in [7, 11) is 0. The van der Waals surface area contributed by atoms with E-state index in [0.717, 1.165) is 0 Å². The van der Waals surface area contributed by atoms with Gasteiger partial charge in [-0.3, -0.25) is 4.79 Å². The minimum Gasteiger partial charge on any atom is -0.447 e. The number of ether oxygens (including phenoxy) is 1. The Morgan fingerprint density at radius 3 is 1.38 bits per heavy atom. The smallest absolute Gasteiger partial charge is 0.304 e. The normalized spacial score (nSPS) is 9.05. The summed E-state index contributed by atoms with van der Waals surface area (Å²) in [6.45, 7) is 14.7. The van der Waals surface area contributed by atoms with Crippen LogP contribution >= 0.6 is 0 Å². The number of hydrogen-bond donors (Lipinski definition) is 1. The zero-order valence-electron chi connectivity index (χ0n) is 14.7. The molecule has 0 unspecified atom stereocenters. The molecule has 0 aromatic carbocycles. The van der Waals surface area contributed by atoms with Gasteiger partial charge in [-0.25, -0.2) is 0 Å². The van der Waals surface area contributed by atoms with E-state index in [2.05, 4.69) is 23.7 Å². The monoisotopic (exact) mass is 296 g/mol. The van der Waals surface area contributed by atoms with Gasteiger partial charge in [-0.15, -0.1) is 11.8 Å². The summed E-state index contributed by atoms with van der Waals surface area (Å²) >= 11 is 0. The Balaban J connectivity index is -0.000000256. The van der Waals surface area contributed by atoms with E-state index < -0.39 is 11.2 Å². The maximum absolute atomic E-state index is 10.4. The zero-order chi connectivity index (χ0) is 17.7. The van der Waals surface area contributed by atoms with Crippen LogP contribution in [0.5, 0.6) is 0 Å². The van der Waals surface area contributed by atoms with E-state index in [1.165, 1.54) is 20.8 Å². The van der Waals surface area contributed by atoms with Crippen LogP contribution in [0.1, 0.15) is 62.3 Å². The Labute approximate surface area is 129 Å². The molecular weight excluding hydrogens is 268 g/mol. The quantitative estimate of drug-likeness (QED) is 0.597. The molecule has 21 heavy (non-hydrogen) atoms. The van der Waals surface area contributed by atoms with Crippen molar-refractivity contribution in [2.75, 3.05) is 0 Å². The number of ketones is 1. The highest BCUT2D eigenvalue weighted by Crippen LogP contribution is 2.06. The molecule has 0 saturated carbocycles. The maximum atomic E-state index is 10.4. The summed E-state index contributed by atoms with van der Waals surface area (Å²) in [5.41, 5.74) is -1.45. The Morgan fingerprint density at radius 1 is 0.905 bits per heavy atom. The molecule has 120 valence electrons. The van der Waals surface area contributed by atoms with Gasteiger partial charge in [-0.2, -0.15) is 0 Å². The van der Waals surface area contributed by atoms with Crippen molar-refractivity contribution in [3.05, 3.63) is 0 Å². The van der Waals surface area contributed by atoms with Crippen LogP contribution in [0.2, 0.25) is 0 Å². The average molecular weight is 296 g/mol. The highest BCUT2D eigenvalue weighted by Gasteiger charge is 2.16. The van der Waals surface area contributed by atoms with Crippen LogP contribution in [0.3, 0.4) is 0 Å². The zero-order valence-corrected chi connectivity index (χ0v) is 14.7. The number of hydrogen-bond acceptors (Lipinski definition) is 4. The minimum atomic E-state index is -0.811. The van der Waals surface area contributed by atoms with Crippen molar-refractivity contribution in [1.82, 2.24) is 0 Å². The van der Waals surface area contributed by atoms with Crippen LogP contribution in [-0.2, 0) is 14.3 Å². The lowest BCUT2D eigenvalue weighted by Gasteiger charge is -2.16. The summed E-state index contributed by atoms with van der Waals surface area (Å²) in [5.74, 6) is 10.5. The van der Waals surface area contributed by atoms with Crippen molar-refractivity contribution in [2.45, 2.75) is 73.5 Å². The Morgan fingerprint density at radius 2 is 1.24 bits per heavy atom. The van der Waals surface area contributed by atoms with E-state index in [0.29, 0.717) is 0 Å². The van der Waals surface area contributed by atoms with E-state index in [4.69, 9.17) is 9.84 Å². The highest BCUT2D eigenvalue weighted by molar-refractivity contribution is 5.72. The molecule has 4 heteroatoms. The molecular formula is C17H28O4. The summed E-state index contributed by atoms with van der Waals surface area (Å²) in [6, 6.07) is 0. The van der Waals surface area contributed by atoms with Crippen molar-refractivity contribution in [2.24, 2.45) is 0 Å². The molecule has 0 aromatic heterocycles. The molecule has 4 nitrogen and oxygen atoms in total. The molecule has 1 N–H and O–H groups in total. The van der Waals surface area contributed by atoms with Gasteiger partial charge in [0.05, 0.1) is 0 Å². The van der Waals surface area contributed by atoms with Crippen molar-refractivity contribution in [3.63, 3.8) is 0 Å². The lowest BCUT2D eigenvalue weighted by atomic mass is 10.1. The van der Waals surface area contributed by atoms with Crippen molar-refractivity contribution >= 4 is 11.8 Å². The first-order chi connectivity index (χ1) is 9.27. The Kier molecular flexibility index (Phi) is 13.9. The number of aliphatic hydroxyl groups is 1. The van der Waals surface area contributed by atoms with E-state index >= 15 is 0 Å². The fraction of sp³-hybridized carbons (Fsp3) is 0.647. The first-order valence-electron chi connectivity index (χ1n) is 6.54. The van der Waals surface area contributed by atoms with Gasteiger partial charge < -0.3 is 14.6 Å². The van der Waals surface area contributed by atoms with Gasteiger partial charge in [-0.1, -0.05) is 11.8 Å². The minimum absolute atomic E-state index is 0.167. The van der Waals surface area contributed by atoms with Gasteiger partial charge in [0.25, 0.3) is 0 Å². The predicted molar refractivity (Wildman–Crippen MR) is 85.4 cm³/mol. The lowest BCUT2D eigenvalue weighted by molar-refractivity contribution is -0.148. The Bertz CT molecular complexity index is 427. The fourth-order valence-corrected chi connectivity index (χ4v) is 0.992. The van der Waals surface area contributed by atoms with Gasteiger partial charge >= 0.3 is 5.97 Å². The van der Waals surface area contributed by atoms with Crippen molar-refractivity contribution < 1.29 is 19.4 Å². The molecule has 0 fully saturated rings. The van der Waals surface area contributed by atoms with E-state index in [9.17, 15) is 9.59 Å². The molecule has 0 heterocycles. The summed E-state index contributed by atoms with van der Waals surface area (Å²) in [6.07, 6.45) is 0. The second-order valence-electron chi connectivity index (χ2n) is 5.32. The van der Waals surface area contributed by atoms with E-state index in [1.54, 1.807) is 41.5 Å². The van der Waals surface area contributed by atoms with Gasteiger partial charge in [0, 0.05) is 6.92 Å². The molecule has 0 atom stereocenters. The number of carbonyl (C=O) groups excluding carboxylic acids is 2. The van der Waals surface area contributed by atoms with E-state index in [-0.39, 0.29) is 11.8 Å². The predicted octanol–water partition coefficient (Wildman–Crippen LogP) is 2.73. The van der Waals surface area contributed by atoms with E-state index in [1.807, 2.05) is 0 Å². The SMILES string of the molecule is CC#CC(C)(C)O.CC#CC(C)(C)OC(C)=O.CC(C)=O. The summed E-state index contributed by atoms with van der Waals surface area (Å²) < 4.78 is 4.87. The molecule has 0 radical (unpaired) electrons. The average Bonchev–Trinajstić information content (AvgIpc) is 2.12. The molecule has 0 amide bonds. The molecule has 0 spiro atoms. The number of esters is 1. The fourth-order valence-electron chi connectivity index (χ4n) is 0.992. The number of rotatable bonds is 1. The molecule has 0 saturated heterocycles. The lowest BCUT2D eigenvalue weighted by Crippen LogP contribution is -2.24. The third-order valence-corrected chi connectivity index (χ3v) is 1.26. The second kappa shape index (κ2) is 12.0. The van der Waals surface area contributed by atoms with Crippen LogP contribution in [0, 0.1) is 23.7 Å². The Hall–Kier alpha value is -1.78. The number of Topliss-reactive ketones (excluding diaryl/α,β-unsaturated/α-hetero) is 1. The van der Waals surface area contributed by atoms with Crippen LogP contribution in [-0.4, -0.2) is 28.1 Å². The molecule has 0 aliphatic rings. The van der Waals surface area contributed by atoms with Gasteiger partial charge in [-0.05, 0) is 55.4 Å². The third-order valence-electron chi connectivity index (χ3n) is 1.26. The first-order valence-corrected chi connectivity index (χ1v) is 6.54. The van der Waals surface area contributed by atoms with Gasteiger partial charge in [0.2, 0.25) is 0 Å². The molecule has 0 bridgehead atoms. The molecule has 0 rings (SSSR count). The highest BCUT2D eigenvalue weighted by atomic mass is 16.6. The van der Waals surface area contributed by atoms with Crippen LogP contribution in [0.15, 0.2) is 0 Å². The molecule has 0 aliphatic heterocycles. The van der Waals surface area contributed by atoms with Gasteiger partial charge in [0.1, 0.15) is 11.4 Å². The standard InChI is InChI=1S/C8H12O2.C6H10O.C3H6O/c1-5-6-8(3,4)10-7(2)9;1-4-5-6(2,3)7;1-3(2)4/h1-4H3;7H,1-3H3;1-2H3. The molecule has 0 aromatic rings. The van der Waals surface area contributed by atoms with Crippen molar-refractivity contribution in [3.8, 4) is 23.7 Å².